The molecular weight excluding hydrogens is 226 g/mol. The van der Waals surface area contributed by atoms with E-state index < -0.39 is 11.5 Å². The lowest BCUT2D eigenvalue weighted by Gasteiger charge is -2.30. The maximum Gasteiger partial charge on any atom is 0.328 e. The first-order valence-electron chi connectivity index (χ1n) is 6.40. The highest BCUT2D eigenvalue weighted by atomic mass is 16.4. The molecule has 0 radical (unpaired) electrons. The molecule has 0 spiro atoms. The smallest absolute Gasteiger partial charge is 0.328 e. The molecule has 3 nitrogen and oxygen atoms in total. The monoisotopic (exact) mass is 249 g/mol. The summed E-state index contributed by atoms with van der Waals surface area (Å²) in [6, 6.07) is 5.99. The Morgan fingerprint density at radius 3 is 2.44 bits per heavy atom. The van der Waals surface area contributed by atoms with Gasteiger partial charge in [0.05, 0.1) is 0 Å². The van der Waals surface area contributed by atoms with Crippen molar-refractivity contribution in [1.82, 2.24) is 5.32 Å². The van der Waals surface area contributed by atoms with Gasteiger partial charge in [-0.3, -0.25) is 5.32 Å². The Hall–Kier alpha value is -1.35. The summed E-state index contributed by atoms with van der Waals surface area (Å²) in [6.45, 7) is 9.80. The highest BCUT2D eigenvalue weighted by molar-refractivity contribution is 5.80. The summed E-state index contributed by atoms with van der Waals surface area (Å²) in [5.74, 6) is -0.842. The SMILES string of the molecule is CCC(C)NC(C)(C(=O)O)c1ccc(C)c(C)c1. The van der Waals surface area contributed by atoms with Crippen LogP contribution in [0.1, 0.15) is 43.9 Å². The van der Waals surface area contributed by atoms with Gasteiger partial charge in [0.2, 0.25) is 0 Å². The number of rotatable bonds is 5. The standard InChI is InChI=1S/C15H23NO2/c1-6-12(4)16-15(5,14(17)18)13-8-7-10(2)11(3)9-13/h7-9,12,16H,6H2,1-5H3,(H,17,18). The van der Waals surface area contributed by atoms with Crippen LogP contribution in [-0.2, 0) is 10.3 Å². The average Bonchev–Trinajstić information content (AvgIpc) is 2.31. The first-order chi connectivity index (χ1) is 8.31. The van der Waals surface area contributed by atoms with E-state index in [0.717, 1.165) is 17.5 Å². The molecule has 3 heteroatoms. The first-order valence-corrected chi connectivity index (χ1v) is 6.40. The Morgan fingerprint density at radius 2 is 2.00 bits per heavy atom. The van der Waals surface area contributed by atoms with E-state index >= 15 is 0 Å². The molecule has 2 atom stereocenters. The van der Waals surface area contributed by atoms with E-state index in [0.29, 0.717) is 0 Å². The molecule has 18 heavy (non-hydrogen) atoms. The van der Waals surface area contributed by atoms with E-state index in [1.54, 1.807) is 6.92 Å². The fourth-order valence-electron chi connectivity index (χ4n) is 1.92. The third-order valence-corrected chi connectivity index (χ3v) is 3.66. The van der Waals surface area contributed by atoms with Crippen molar-refractivity contribution in [1.29, 1.82) is 0 Å². The summed E-state index contributed by atoms with van der Waals surface area (Å²) in [6.07, 6.45) is 0.897. The molecule has 0 bridgehead atoms. The summed E-state index contributed by atoms with van der Waals surface area (Å²) in [4.78, 5) is 11.6. The van der Waals surface area contributed by atoms with Crippen LogP contribution >= 0.6 is 0 Å². The van der Waals surface area contributed by atoms with Crippen molar-refractivity contribution in [2.45, 2.75) is 52.6 Å². The van der Waals surface area contributed by atoms with Gasteiger partial charge in [-0.1, -0.05) is 25.1 Å². The predicted octanol–water partition coefficient (Wildman–Crippen LogP) is 2.99. The molecule has 1 aromatic carbocycles. The second-order valence-corrected chi connectivity index (χ2v) is 5.18. The van der Waals surface area contributed by atoms with E-state index in [1.165, 1.54) is 5.56 Å². The number of hydrogen-bond donors (Lipinski definition) is 2. The number of carbonyl (C=O) groups is 1. The quantitative estimate of drug-likeness (QED) is 0.843. The van der Waals surface area contributed by atoms with Crippen LogP contribution in [0.3, 0.4) is 0 Å². The highest BCUT2D eigenvalue weighted by Gasteiger charge is 2.36. The van der Waals surface area contributed by atoms with Gasteiger partial charge < -0.3 is 5.11 Å². The van der Waals surface area contributed by atoms with Crippen molar-refractivity contribution >= 4 is 5.97 Å². The topological polar surface area (TPSA) is 49.3 Å². The Bertz CT molecular complexity index is 442. The van der Waals surface area contributed by atoms with Gasteiger partial charge in [-0.15, -0.1) is 0 Å². The molecule has 0 saturated heterocycles. The third-order valence-electron chi connectivity index (χ3n) is 3.66. The zero-order valence-corrected chi connectivity index (χ0v) is 11.9. The number of carboxylic acid groups (broad SMARTS) is 1. The largest absolute Gasteiger partial charge is 0.480 e. The van der Waals surface area contributed by atoms with Crippen molar-refractivity contribution < 1.29 is 9.90 Å². The zero-order chi connectivity index (χ0) is 13.9. The number of carboxylic acids is 1. The van der Waals surface area contributed by atoms with Gasteiger partial charge in [0.15, 0.2) is 0 Å². The predicted molar refractivity (Wildman–Crippen MR) is 73.8 cm³/mol. The van der Waals surface area contributed by atoms with Crippen molar-refractivity contribution in [2.75, 3.05) is 0 Å². The third kappa shape index (κ3) is 2.91. The van der Waals surface area contributed by atoms with Crippen molar-refractivity contribution in [3.63, 3.8) is 0 Å². The highest BCUT2D eigenvalue weighted by Crippen LogP contribution is 2.24. The minimum absolute atomic E-state index is 0.160. The van der Waals surface area contributed by atoms with Gasteiger partial charge >= 0.3 is 5.97 Å². The number of nitrogens with one attached hydrogen (secondary N) is 1. The van der Waals surface area contributed by atoms with Crippen LogP contribution in [0.25, 0.3) is 0 Å². The summed E-state index contributed by atoms with van der Waals surface area (Å²) in [7, 11) is 0. The lowest BCUT2D eigenvalue weighted by molar-refractivity contribution is -0.145. The Balaban J connectivity index is 3.18. The molecule has 2 unspecified atom stereocenters. The van der Waals surface area contributed by atoms with Gasteiger partial charge in [-0.25, -0.2) is 4.79 Å². The van der Waals surface area contributed by atoms with E-state index in [4.69, 9.17) is 0 Å². The van der Waals surface area contributed by atoms with E-state index in [-0.39, 0.29) is 6.04 Å². The van der Waals surface area contributed by atoms with Gasteiger partial charge in [0, 0.05) is 6.04 Å². The van der Waals surface area contributed by atoms with Crippen LogP contribution in [0.15, 0.2) is 18.2 Å². The summed E-state index contributed by atoms with van der Waals surface area (Å²) >= 11 is 0. The van der Waals surface area contributed by atoms with Crippen LogP contribution in [0.5, 0.6) is 0 Å². The molecule has 0 saturated carbocycles. The fourth-order valence-corrected chi connectivity index (χ4v) is 1.92. The molecule has 0 fully saturated rings. The molecule has 1 aromatic rings. The summed E-state index contributed by atoms with van der Waals surface area (Å²) < 4.78 is 0. The molecular formula is C15H23NO2. The lowest BCUT2D eigenvalue weighted by Crippen LogP contribution is -2.50. The van der Waals surface area contributed by atoms with Gasteiger partial charge in [0.1, 0.15) is 5.54 Å². The van der Waals surface area contributed by atoms with Gasteiger partial charge in [-0.2, -0.15) is 0 Å². The minimum Gasteiger partial charge on any atom is -0.480 e. The first kappa shape index (κ1) is 14.7. The van der Waals surface area contributed by atoms with Gasteiger partial charge in [-0.05, 0) is 50.8 Å². The molecule has 0 aliphatic carbocycles. The normalized spacial score (nSPS) is 16.1. The van der Waals surface area contributed by atoms with Crippen LogP contribution in [-0.4, -0.2) is 17.1 Å². The average molecular weight is 249 g/mol. The number of hydrogen-bond acceptors (Lipinski definition) is 2. The van der Waals surface area contributed by atoms with E-state index in [9.17, 15) is 9.90 Å². The van der Waals surface area contributed by atoms with Crippen molar-refractivity contribution in [2.24, 2.45) is 0 Å². The molecule has 0 aliphatic heterocycles. The Morgan fingerprint density at radius 1 is 1.39 bits per heavy atom. The van der Waals surface area contributed by atoms with Gasteiger partial charge in [0.25, 0.3) is 0 Å². The molecule has 0 amide bonds. The van der Waals surface area contributed by atoms with Crippen LogP contribution < -0.4 is 5.32 Å². The molecule has 0 aromatic heterocycles. The van der Waals surface area contributed by atoms with Crippen LogP contribution in [0, 0.1) is 13.8 Å². The lowest BCUT2D eigenvalue weighted by atomic mass is 9.89. The molecule has 2 N–H and O–H groups in total. The maximum atomic E-state index is 11.6. The molecule has 1 rings (SSSR count). The van der Waals surface area contributed by atoms with E-state index in [1.807, 2.05) is 45.9 Å². The second-order valence-electron chi connectivity index (χ2n) is 5.18. The summed E-state index contributed by atoms with van der Waals surface area (Å²) in [5, 5.41) is 12.7. The molecule has 0 heterocycles. The maximum absolute atomic E-state index is 11.6. The van der Waals surface area contributed by atoms with Crippen molar-refractivity contribution in [3.8, 4) is 0 Å². The fraction of sp³-hybridized carbons (Fsp3) is 0.533. The van der Waals surface area contributed by atoms with Crippen molar-refractivity contribution in [3.05, 3.63) is 34.9 Å². The number of aliphatic carboxylic acids is 1. The number of aryl methyl sites for hydroxylation is 2. The molecule has 0 aliphatic rings. The Kier molecular flexibility index (Phi) is 4.52. The van der Waals surface area contributed by atoms with Crippen LogP contribution in [0.2, 0.25) is 0 Å². The number of benzene rings is 1. The van der Waals surface area contributed by atoms with Crippen LogP contribution in [0.4, 0.5) is 0 Å². The zero-order valence-electron chi connectivity index (χ0n) is 11.9. The van der Waals surface area contributed by atoms with E-state index in [2.05, 4.69) is 5.32 Å². The summed E-state index contributed by atoms with van der Waals surface area (Å²) in [5.41, 5.74) is 2.06. The minimum atomic E-state index is -1.03. The Labute approximate surface area is 109 Å². The molecule has 100 valence electrons. The second kappa shape index (κ2) is 5.53.